The number of rotatable bonds is 5. The van der Waals surface area contributed by atoms with Crippen molar-refractivity contribution in [3.05, 3.63) is 88.6 Å². The Morgan fingerprint density at radius 1 is 0.951 bits per heavy atom. The van der Waals surface area contributed by atoms with Gasteiger partial charge in [-0.05, 0) is 53.8 Å². The van der Waals surface area contributed by atoms with E-state index >= 15 is 0 Å². The van der Waals surface area contributed by atoms with Gasteiger partial charge in [-0.2, -0.15) is 21.6 Å². The summed E-state index contributed by atoms with van der Waals surface area (Å²) in [6.45, 7) is 1.60. The van der Waals surface area contributed by atoms with E-state index in [-0.39, 0.29) is 11.2 Å². The maximum absolute atomic E-state index is 13.1. The average Bonchev–Trinajstić information content (AvgIpc) is 2.94. The van der Waals surface area contributed by atoms with E-state index in [1.54, 1.807) is 49.5 Å². The van der Waals surface area contributed by atoms with E-state index < -0.39 is 32.9 Å². The molecule has 0 spiro atoms. The van der Waals surface area contributed by atoms with E-state index in [4.69, 9.17) is 0 Å². The number of esters is 1. The van der Waals surface area contributed by atoms with E-state index in [1.807, 2.05) is 0 Å². The van der Waals surface area contributed by atoms with E-state index in [9.17, 15) is 31.2 Å². The number of ether oxygens (including phenoxy) is 1. The number of benzene rings is 2. The topological polar surface area (TPSA) is 117 Å². The molecule has 3 heterocycles. The lowest BCUT2D eigenvalue weighted by Gasteiger charge is -2.16. The van der Waals surface area contributed by atoms with Crippen molar-refractivity contribution < 1.29 is 35.3 Å². The molecule has 9 nitrogen and oxygen atoms in total. The van der Waals surface area contributed by atoms with Crippen molar-refractivity contribution in [1.82, 2.24) is 14.5 Å². The molecule has 0 N–H and O–H groups in total. The van der Waals surface area contributed by atoms with E-state index in [0.29, 0.717) is 44.1 Å². The van der Waals surface area contributed by atoms with Crippen LogP contribution in [0.5, 0.6) is 5.75 Å². The second kappa shape index (κ2) is 10.0. The van der Waals surface area contributed by atoms with E-state index in [0.717, 1.165) is 6.07 Å². The lowest BCUT2D eigenvalue weighted by molar-refractivity contribution is -0.0500. The highest BCUT2D eigenvalue weighted by Gasteiger charge is 2.48. The van der Waals surface area contributed by atoms with Crippen molar-refractivity contribution in [2.24, 2.45) is 7.05 Å². The van der Waals surface area contributed by atoms with Gasteiger partial charge < -0.3 is 13.5 Å². The Labute approximate surface area is 230 Å². The molecule has 0 saturated carbocycles. The van der Waals surface area contributed by atoms with Crippen LogP contribution in [0.25, 0.3) is 44.1 Å². The van der Waals surface area contributed by atoms with Gasteiger partial charge in [-0.15, -0.1) is 0 Å². The number of hydrogen-bond acceptors (Lipinski definition) is 8. The van der Waals surface area contributed by atoms with Gasteiger partial charge in [0, 0.05) is 47.4 Å². The summed E-state index contributed by atoms with van der Waals surface area (Å²) in [5.41, 5.74) is -3.38. The number of fused-ring (bicyclic) bond motifs is 2. The standard InChI is InChI=1S/C28H20F3N3O6S/c1-15-9-21-20(11-18(12-25(21)34(2)26(15)35)40-41(37,38)28(29,30)31)19-6-4-5-16-10-24(33-14-22(16)19)17-7-8-23(32-13-17)27(36)39-3/h4-14H,1-3H3. The van der Waals surface area contributed by atoms with Crippen LogP contribution in [0.3, 0.4) is 0 Å². The first kappa shape index (κ1) is 27.8. The van der Waals surface area contributed by atoms with Crippen molar-refractivity contribution in [3.63, 3.8) is 0 Å². The van der Waals surface area contributed by atoms with Crippen molar-refractivity contribution in [2.75, 3.05) is 7.11 Å². The Morgan fingerprint density at radius 2 is 1.71 bits per heavy atom. The second-order valence-corrected chi connectivity index (χ2v) is 10.6. The predicted molar refractivity (Wildman–Crippen MR) is 145 cm³/mol. The summed E-state index contributed by atoms with van der Waals surface area (Å²) in [5.74, 6) is -1.19. The highest BCUT2D eigenvalue weighted by atomic mass is 32.2. The van der Waals surface area contributed by atoms with Crippen LogP contribution >= 0.6 is 0 Å². The number of carbonyl (C=O) groups is 1. The largest absolute Gasteiger partial charge is 0.534 e. The number of methoxy groups -OCH3 is 1. The van der Waals surface area contributed by atoms with Crippen molar-refractivity contribution in [1.29, 1.82) is 0 Å². The normalized spacial score (nSPS) is 12.0. The van der Waals surface area contributed by atoms with Crippen LogP contribution in [0.4, 0.5) is 13.2 Å². The third-order valence-corrected chi connectivity index (χ3v) is 7.47. The van der Waals surface area contributed by atoms with Gasteiger partial charge >= 0.3 is 21.6 Å². The van der Waals surface area contributed by atoms with Gasteiger partial charge in [-0.25, -0.2) is 9.78 Å². The highest BCUT2D eigenvalue weighted by Crippen LogP contribution is 2.38. The van der Waals surface area contributed by atoms with Gasteiger partial charge in [0.2, 0.25) is 0 Å². The lowest BCUT2D eigenvalue weighted by atomic mass is 9.94. The van der Waals surface area contributed by atoms with Gasteiger partial charge in [0.1, 0.15) is 11.4 Å². The van der Waals surface area contributed by atoms with Crippen LogP contribution in [0, 0.1) is 6.92 Å². The summed E-state index contributed by atoms with van der Waals surface area (Å²) in [5, 5.41) is 1.79. The molecule has 5 rings (SSSR count). The lowest BCUT2D eigenvalue weighted by Crippen LogP contribution is -2.28. The molecule has 0 aliphatic rings. The Hall–Kier alpha value is -4.78. The number of aryl methyl sites for hydroxylation is 2. The SMILES string of the molecule is COC(=O)c1ccc(-c2cc3cccc(-c4cc(OS(=O)(=O)C(F)(F)F)cc5c4cc(C)c(=O)n5C)c3cn2)cn1. The summed E-state index contributed by atoms with van der Waals surface area (Å²) in [7, 11) is -3.29. The molecular weight excluding hydrogens is 563 g/mol. The molecule has 41 heavy (non-hydrogen) atoms. The number of alkyl halides is 3. The molecule has 0 atom stereocenters. The fourth-order valence-electron chi connectivity index (χ4n) is 4.47. The van der Waals surface area contributed by atoms with Gasteiger partial charge in [-0.3, -0.25) is 9.78 Å². The van der Waals surface area contributed by atoms with Crippen LogP contribution in [0.1, 0.15) is 16.1 Å². The number of carbonyl (C=O) groups excluding carboxylic acids is 1. The number of halogens is 3. The molecule has 5 aromatic rings. The zero-order chi connectivity index (χ0) is 29.7. The molecule has 3 aromatic heterocycles. The maximum atomic E-state index is 13.1. The van der Waals surface area contributed by atoms with Crippen LogP contribution < -0.4 is 9.74 Å². The Balaban J connectivity index is 1.71. The number of nitrogens with zero attached hydrogens (tertiary/aromatic N) is 3. The molecule has 13 heteroatoms. The minimum absolute atomic E-state index is 0.130. The van der Waals surface area contributed by atoms with Crippen molar-refractivity contribution in [3.8, 4) is 28.1 Å². The first-order chi connectivity index (χ1) is 19.3. The van der Waals surface area contributed by atoms with E-state index in [2.05, 4.69) is 18.9 Å². The molecule has 0 unspecified atom stereocenters. The quantitative estimate of drug-likeness (QED) is 0.159. The molecule has 0 radical (unpaired) electrons. The molecule has 210 valence electrons. The smallest absolute Gasteiger partial charge is 0.464 e. The zero-order valence-electron chi connectivity index (χ0n) is 21.7. The summed E-state index contributed by atoms with van der Waals surface area (Å²) >= 11 is 0. The minimum Gasteiger partial charge on any atom is -0.464 e. The predicted octanol–water partition coefficient (Wildman–Crippen LogP) is 5.14. The van der Waals surface area contributed by atoms with Gasteiger partial charge in [0.15, 0.2) is 0 Å². The number of aromatic nitrogens is 3. The molecule has 2 aromatic carbocycles. The Bertz CT molecular complexity index is 2020. The summed E-state index contributed by atoms with van der Waals surface area (Å²) < 4.78 is 73.3. The first-order valence-electron chi connectivity index (χ1n) is 11.9. The molecule has 0 bridgehead atoms. The molecule has 0 fully saturated rings. The van der Waals surface area contributed by atoms with Crippen molar-refractivity contribution in [2.45, 2.75) is 12.4 Å². The third-order valence-electron chi connectivity index (χ3n) is 6.49. The molecular formula is C28H20F3N3O6S. The van der Waals surface area contributed by atoms with Crippen LogP contribution in [0.15, 0.2) is 71.8 Å². The van der Waals surface area contributed by atoms with Crippen LogP contribution in [-0.2, 0) is 21.9 Å². The first-order valence-corrected chi connectivity index (χ1v) is 13.3. The van der Waals surface area contributed by atoms with E-state index in [1.165, 1.54) is 37.1 Å². The fourth-order valence-corrected chi connectivity index (χ4v) is 4.92. The summed E-state index contributed by atoms with van der Waals surface area (Å²) in [4.78, 5) is 32.9. The monoisotopic (exact) mass is 583 g/mol. The second-order valence-electron chi connectivity index (χ2n) is 9.10. The Morgan fingerprint density at radius 3 is 2.37 bits per heavy atom. The zero-order valence-corrected chi connectivity index (χ0v) is 22.5. The van der Waals surface area contributed by atoms with Crippen molar-refractivity contribution >= 4 is 37.8 Å². The highest BCUT2D eigenvalue weighted by molar-refractivity contribution is 7.88. The van der Waals surface area contributed by atoms with Crippen LogP contribution in [-0.4, -0.2) is 41.5 Å². The number of hydrogen-bond donors (Lipinski definition) is 0. The van der Waals surface area contributed by atoms with Gasteiger partial charge in [-0.1, -0.05) is 18.2 Å². The Kier molecular flexibility index (Phi) is 6.77. The fraction of sp³-hybridized carbons (Fsp3) is 0.143. The molecule has 0 aliphatic heterocycles. The molecule has 0 amide bonds. The van der Waals surface area contributed by atoms with Gasteiger partial charge in [0.05, 0.1) is 18.3 Å². The van der Waals surface area contributed by atoms with Gasteiger partial charge in [0.25, 0.3) is 5.56 Å². The minimum atomic E-state index is -5.97. The molecule has 0 aliphatic carbocycles. The summed E-state index contributed by atoms with van der Waals surface area (Å²) in [6, 6.07) is 14.0. The molecule has 0 saturated heterocycles. The van der Waals surface area contributed by atoms with Crippen LogP contribution in [0.2, 0.25) is 0 Å². The summed E-state index contributed by atoms with van der Waals surface area (Å²) in [6.07, 6.45) is 3.04. The number of pyridine rings is 3. The maximum Gasteiger partial charge on any atom is 0.534 e. The third kappa shape index (κ3) is 4.99. The average molecular weight is 584 g/mol.